The van der Waals surface area contributed by atoms with Crippen molar-refractivity contribution < 1.29 is 71.1 Å². The fraction of sp³-hybridized carbons (Fsp3) is 0.831. The number of rotatable bonds is 14. The van der Waals surface area contributed by atoms with E-state index in [9.17, 15) is 33.6 Å². The van der Waals surface area contributed by atoms with Crippen molar-refractivity contribution in [2.24, 2.45) is 35.5 Å². The summed E-state index contributed by atoms with van der Waals surface area (Å²) in [5.41, 5.74) is 0. The van der Waals surface area contributed by atoms with E-state index in [1.54, 1.807) is 26.0 Å². The van der Waals surface area contributed by atoms with Gasteiger partial charge in [-0.1, -0.05) is 96.3 Å². The molecule has 0 amide bonds. The summed E-state index contributed by atoms with van der Waals surface area (Å²) in [6.45, 7) is 26.4. The van der Waals surface area contributed by atoms with Gasteiger partial charge in [0.2, 0.25) is 5.76 Å². The van der Waals surface area contributed by atoms with Gasteiger partial charge in [0.1, 0.15) is 0 Å². The predicted molar refractivity (Wildman–Crippen MR) is 312 cm³/mol. The lowest BCUT2D eigenvalue weighted by Crippen LogP contribution is -2.26. The molecule has 0 spiro atoms. The summed E-state index contributed by atoms with van der Waals surface area (Å²) in [4.78, 5) is 78.6. The normalized spacial score (nSPS) is 18.1. The first kappa shape index (κ1) is 73.6. The van der Waals surface area contributed by atoms with Crippen LogP contribution in [-0.2, 0) is 61.9 Å². The van der Waals surface area contributed by atoms with Crippen molar-refractivity contribution in [3.63, 3.8) is 0 Å². The Labute approximate surface area is 483 Å². The standard InChI is InChI=1S/C12H22O2.C11H20O2.C10H18O2.C9H16O2.C8H10O3.C8H14O2.C7H12O2/c1-10(2)14-12(13)11-8-6-4-3-5-7-9-11;1-9(2)13-11(12)10-7-5-3-4-6-8-10;1-8(2)12-10(11)9-6-4-3-5-7-9;1-7(2)11-9(10)8-5-3-4-6-8;1-6(2)11-8(9)7-4-3-5-10-7;1-6(2)10-8(9)7-4-3-5-7;1-5(2)9-7(8)6-3-4-6/h10-11H,3-9H2,1-2H3;9-10H,3-8H2,1-2H3;8-9H,3-7H2,1-2H3;7-8H,3-6H2,1-2H3;3-6H,1-2H3;6-7H,3-5H2,1-2H3;5-6H,3-4H2,1-2H3. The van der Waals surface area contributed by atoms with E-state index in [0.29, 0.717) is 0 Å². The molecule has 15 nitrogen and oxygen atoms in total. The molecule has 1 heterocycles. The minimum atomic E-state index is -0.412. The summed E-state index contributed by atoms with van der Waals surface area (Å²) in [7, 11) is 0. The maximum absolute atomic E-state index is 11.7. The van der Waals surface area contributed by atoms with Gasteiger partial charge < -0.3 is 37.6 Å². The summed E-state index contributed by atoms with van der Waals surface area (Å²) in [5, 5.41) is 0. The van der Waals surface area contributed by atoms with E-state index < -0.39 is 5.97 Å². The number of hydrogen-bond acceptors (Lipinski definition) is 15. The number of ether oxygens (including phenoxy) is 7. The van der Waals surface area contributed by atoms with Gasteiger partial charge in [0, 0.05) is 0 Å². The van der Waals surface area contributed by atoms with Gasteiger partial charge in [-0.05, 0) is 186 Å². The molecule has 15 heteroatoms. The van der Waals surface area contributed by atoms with E-state index >= 15 is 0 Å². The van der Waals surface area contributed by atoms with Crippen molar-refractivity contribution in [2.75, 3.05) is 0 Å². The van der Waals surface area contributed by atoms with Crippen LogP contribution >= 0.6 is 0 Å². The third-order valence-electron chi connectivity index (χ3n) is 13.8. The van der Waals surface area contributed by atoms with Crippen LogP contribution in [0.4, 0.5) is 0 Å². The highest BCUT2D eigenvalue weighted by Crippen LogP contribution is 2.31. The molecule has 0 N–H and O–H groups in total. The molecule has 6 aliphatic rings. The molecule has 7 rings (SSSR count). The highest BCUT2D eigenvalue weighted by molar-refractivity contribution is 5.86. The largest absolute Gasteiger partial charge is 0.463 e. The predicted octanol–water partition coefficient (Wildman–Crippen LogP) is 15.8. The second kappa shape index (κ2) is 43.3. The first-order valence-corrected chi connectivity index (χ1v) is 31.4. The SMILES string of the molecule is CC(C)OC(=O)C1CC1.CC(C)OC(=O)C1CCC1.CC(C)OC(=O)C1CCCC1.CC(C)OC(=O)C1CCCCC1.CC(C)OC(=O)C1CCCCCC1.CC(C)OC(=O)C1CCCCCCC1.CC(C)OC(=O)c1ccco1. The van der Waals surface area contributed by atoms with Crippen LogP contribution in [0, 0.1) is 35.5 Å². The minimum absolute atomic E-state index is 0.00116. The molecule has 0 saturated heterocycles. The zero-order valence-electron chi connectivity index (χ0n) is 52.5. The molecular formula is C65H112O15. The molecule has 0 unspecified atom stereocenters. The van der Waals surface area contributed by atoms with Crippen LogP contribution < -0.4 is 0 Å². The molecule has 6 saturated carbocycles. The Balaban J connectivity index is 0.000000468. The lowest BCUT2D eigenvalue weighted by Gasteiger charge is -2.24. The van der Waals surface area contributed by atoms with E-state index in [2.05, 4.69) is 0 Å². The third-order valence-corrected chi connectivity index (χ3v) is 13.8. The van der Waals surface area contributed by atoms with Crippen molar-refractivity contribution >= 4 is 41.8 Å². The second-order valence-corrected chi connectivity index (χ2v) is 24.3. The van der Waals surface area contributed by atoms with Crippen LogP contribution in [0.3, 0.4) is 0 Å². The second-order valence-electron chi connectivity index (χ2n) is 24.3. The molecule has 1 aromatic rings. The Hall–Kier alpha value is -4.43. The zero-order valence-corrected chi connectivity index (χ0v) is 52.5. The van der Waals surface area contributed by atoms with Gasteiger partial charge >= 0.3 is 41.8 Å². The Morgan fingerprint density at radius 1 is 0.300 bits per heavy atom. The van der Waals surface area contributed by atoms with E-state index in [4.69, 9.17) is 37.6 Å². The summed E-state index contributed by atoms with van der Waals surface area (Å²) in [6, 6.07) is 3.22. The summed E-state index contributed by atoms with van der Waals surface area (Å²) in [6.07, 6.45) is 32.5. The van der Waals surface area contributed by atoms with Crippen LogP contribution in [0.2, 0.25) is 0 Å². The topological polar surface area (TPSA) is 197 Å². The van der Waals surface area contributed by atoms with Gasteiger partial charge in [-0.15, -0.1) is 0 Å². The number of hydrogen-bond donors (Lipinski definition) is 0. The van der Waals surface area contributed by atoms with Crippen molar-refractivity contribution in [1.29, 1.82) is 0 Å². The molecular weight excluding hydrogens is 1020 g/mol. The van der Waals surface area contributed by atoms with Gasteiger partial charge in [0.05, 0.1) is 84.5 Å². The van der Waals surface area contributed by atoms with Crippen LogP contribution in [-0.4, -0.2) is 84.5 Å². The van der Waals surface area contributed by atoms with Gasteiger partial charge in [0.25, 0.3) is 0 Å². The fourth-order valence-corrected chi connectivity index (χ4v) is 9.31. The first-order chi connectivity index (χ1) is 37.9. The van der Waals surface area contributed by atoms with Crippen LogP contribution in [0.15, 0.2) is 22.8 Å². The summed E-state index contributed by atoms with van der Waals surface area (Å²) in [5.74, 6) is 1.15. The Morgan fingerprint density at radius 2 is 0.500 bits per heavy atom. The molecule has 0 aromatic carbocycles. The van der Waals surface area contributed by atoms with Crippen molar-refractivity contribution in [2.45, 2.75) is 313 Å². The average molecular weight is 1130 g/mol. The number of furan rings is 1. The number of carbonyl (C=O) groups is 7. The number of carbonyl (C=O) groups excluding carboxylic acids is 7. The molecule has 6 fully saturated rings. The molecule has 1 aromatic heterocycles. The maximum atomic E-state index is 11.7. The van der Waals surface area contributed by atoms with Crippen molar-refractivity contribution in [3.8, 4) is 0 Å². The van der Waals surface area contributed by atoms with Crippen molar-refractivity contribution in [1.82, 2.24) is 0 Å². The average Bonchev–Trinajstić information content (AvgIpc) is 3.88. The molecule has 6 aliphatic carbocycles. The Kier molecular flexibility index (Phi) is 39.8. The van der Waals surface area contributed by atoms with E-state index in [0.717, 1.165) is 77.0 Å². The molecule has 80 heavy (non-hydrogen) atoms. The van der Waals surface area contributed by atoms with Gasteiger partial charge in [-0.25, -0.2) is 4.79 Å². The summed E-state index contributed by atoms with van der Waals surface area (Å²) >= 11 is 0. The van der Waals surface area contributed by atoms with Gasteiger partial charge in [-0.3, -0.25) is 28.8 Å². The molecule has 462 valence electrons. The molecule has 0 radical (unpaired) electrons. The van der Waals surface area contributed by atoms with E-state index in [-0.39, 0.29) is 120 Å². The Bertz CT molecular complexity index is 1800. The smallest absolute Gasteiger partial charge is 0.374 e. The van der Waals surface area contributed by atoms with Gasteiger partial charge in [0.15, 0.2) is 0 Å². The molecule has 0 bridgehead atoms. The zero-order chi connectivity index (χ0) is 60.0. The van der Waals surface area contributed by atoms with Crippen LogP contribution in [0.1, 0.15) is 281 Å². The lowest BCUT2D eigenvalue weighted by molar-refractivity contribution is -0.155. The lowest BCUT2D eigenvalue weighted by atomic mass is 9.86. The number of esters is 7. The van der Waals surface area contributed by atoms with E-state index in [1.165, 1.54) is 103 Å². The molecule has 0 aliphatic heterocycles. The highest BCUT2D eigenvalue weighted by Gasteiger charge is 2.32. The third kappa shape index (κ3) is 37.6. The quantitative estimate of drug-likeness (QED) is 0.0968. The highest BCUT2D eigenvalue weighted by atomic mass is 16.6. The fourth-order valence-electron chi connectivity index (χ4n) is 9.31. The van der Waals surface area contributed by atoms with Crippen molar-refractivity contribution in [3.05, 3.63) is 24.2 Å². The molecule has 0 atom stereocenters. The van der Waals surface area contributed by atoms with Crippen LogP contribution in [0.25, 0.3) is 0 Å². The van der Waals surface area contributed by atoms with Crippen LogP contribution in [0.5, 0.6) is 0 Å². The Morgan fingerprint density at radius 3 is 0.688 bits per heavy atom. The monoisotopic (exact) mass is 1130 g/mol. The minimum Gasteiger partial charge on any atom is -0.463 e. The van der Waals surface area contributed by atoms with E-state index in [1.807, 2.05) is 83.1 Å². The summed E-state index contributed by atoms with van der Waals surface area (Å²) < 4.78 is 40.3. The first-order valence-electron chi connectivity index (χ1n) is 31.4. The van der Waals surface area contributed by atoms with Gasteiger partial charge in [-0.2, -0.15) is 0 Å². The maximum Gasteiger partial charge on any atom is 0.374 e.